The average Bonchev–Trinajstić information content (AvgIpc) is 2.74. The summed E-state index contributed by atoms with van der Waals surface area (Å²) in [5.41, 5.74) is 5.62. The Hall–Kier alpha value is -1.53. The number of rotatable bonds is 2. The van der Waals surface area contributed by atoms with Crippen LogP contribution in [0.25, 0.3) is 6.08 Å². The van der Waals surface area contributed by atoms with Crippen molar-refractivity contribution in [3.8, 4) is 0 Å². The number of hydrogen-bond donors (Lipinski definition) is 0. The second-order valence-corrected chi connectivity index (χ2v) is 4.92. The summed E-state index contributed by atoms with van der Waals surface area (Å²) in [6.07, 6.45) is 4.41. The van der Waals surface area contributed by atoms with Crippen molar-refractivity contribution in [2.75, 3.05) is 0 Å². The van der Waals surface area contributed by atoms with E-state index in [1.807, 2.05) is 12.1 Å². The molecule has 3 rings (SSSR count). The van der Waals surface area contributed by atoms with Crippen LogP contribution in [-0.2, 0) is 12.8 Å². The van der Waals surface area contributed by atoms with Crippen molar-refractivity contribution in [1.29, 1.82) is 0 Å². The van der Waals surface area contributed by atoms with Crippen LogP contribution in [0.4, 0.5) is 0 Å². The SMILES string of the molecule is Clc1ccc(CC2=Cc3ccccc3C2)cc1. The van der Waals surface area contributed by atoms with Gasteiger partial charge in [-0.25, -0.2) is 0 Å². The Morgan fingerprint density at radius 1 is 0.941 bits per heavy atom. The van der Waals surface area contributed by atoms with Gasteiger partial charge in [0, 0.05) is 5.02 Å². The summed E-state index contributed by atoms with van der Waals surface area (Å²) in [6, 6.07) is 16.7. The smallest absolute Gasteiger partial charge is 0.0406 e. The van der Waals surface area contributed by atoms with Gasteiger partial charge in [-0.1, -0.05) is 59.6 Å². The number of allylic oxidation sites excluding steroid dienone is 1. The lowest BCUT2D eigenvalue weighted by atomic mass is 10.0. The maximum Gasteiger partial charge on any atom is 0.0406 e. The molecular formula is C16H13Cl. The third kappa shape index (κ3) is 2.27. The largest absolute Gasteiger partial charge is 0.0843 e. The van der Waals surface area contributed by atoms with Crippen LogP contribution in [-0.4, -0.2) is 0 Å². The summed E-state index contributed by atoms with van der Waals surface area (Å²) in [4.78, 5) is 0. The first-order valence-corrected chi connectivity index (χ1v) is 6.21. The maximum absolute atomic E-state index is 5.89. The summed E-state index contributed by atoms with van der Waals surface area (Å²) in [6.45, 7) is 0. The van der Waals surface area contributed by atoms with E-state index in [1.54, 1.807) is 0 Å². The van der Waals surface area contributed by atoms with Crippen molar-refractivity contribution in [2.24, 2.45) is 0 Å². The fraction of sp³-hybridized carbons (Fsp3) is 0.125. The molecule has 0 bridgehead atoms. The second-order valence-electron chi connectivity index (χ2n) is 4.48. The van der Waals surface area contributed by atoms with Crippen LogP contribution in [0.3, 0.4) is 0 Å². The minimum absolute atomic E-state index is 0.803. The first-order valence-electron chi connectivity index (χ1n) is 5.83. The molecule has 0 fully saturated rings. The molecule has 2 aromatic carbocycles. The van der Waals surface area contributed by atoms with Gasteiger partial charge in [-0.3, -0.25) is 0 Å². The zero-order valence-electron chi connectivity index (χ0n) is 9.49. The number of benzene rings is 2. The van der Waals surface area contributed by atoms with Crippen LogP contribution in [0.2, 0.25) is 5.02 Å². The molecule has 0 atom stereocenters. The topological polar surface area (TPSA) is 0 Å². The van der Waals surface area contributed by atoms with Crippen molar-refractivity contribution in [2.45, 2.75) is 12.8 Å². The highest BCUT2D eigenvalue weighted by Crippen LogP contribution is 2.27. The van der Waals surface area contributed by atoms with E-state index in [4.69, 9.17) is 11.6 Å². The van der Waals surface area contributed by atoms with Crippen LogP contribution in [0.1, 0.15) is 16.7 Å². The summed E-state index contributed by atoms with van der Waals surface area (Å²) in [5, 5.41) is 0.803. The predicted molar refractivity (Wildman–Crippen MR) is 73.3 cm³/mol. The monoisotopic (exact) mass is 240 g/mol. The molecule has 0 spiro atoms. The molecule has 0 saturated carbocycles. The minimum Gasteiger partial charge on any atom is -0.0843 e. The number of fused-ring (bicyclic) bond motifs is 1. The summed E-state index contributed by atoms with van der Waals surface area (Å²) in [5.74, 6) is 0. The molecule has 2 aromatic rings. The van der Waals surface area contributed by atoms with Gasteiger partial charge in [0.15, 0.2) is 0 Å². The van der Waals surface area contributed by atoms with Gasteiger partial charge in [-0.05, 0) is 41.7 Å². The Morgan fingerprint density at radius 3 is 2.47 bits per heavy atom. The molecule has 1 aliphatic rings. The lowest BCUT2D eigenvalue weighted by Gasteiger charge is -2.02. The van der Waals surface area contributed by atoms with Gasteiger partial charge in [-0.15, -0.1) is 0 Å². The van der Waals surface area contributed by atoms with Crippen molar-refractivity contribution >= 4 is 17.7 Å². The third-order valence-corrected chi connectivity index (χ3v) is 3.43. The summed E-state index contributed by atoms with van der Waals surface area (Å²) < 4.78 is 0. The van der Waals surface area contributed by atoms with Crippen LogP contribution in [0.15, 0.2) is 54.1 Å². The molecule has 0 unspecified atom stereocenters. The van der Waals surface area contributed by atoms with E-state index in [2.05, 4.69) is 42.5 Å². The molecule has 1 aliphatic carbocycles. The molecule has 0 saturated heterocycles. The van der Waals surface area contributed by atoms with E-state index >= 15 is 0 Å². The maximum atomic E-state index is 5.89. The van der Waals surface area contributed by atoms with Gasteiger partial charge < -0.3 is 0 Å². The van der Waals surface area contributed by atoms with Crippen molar-refractivity contribution < 1.29 is 0 Å². The molecule has 0 amide bonds. The fourth-order valence-corrected chi connectivity index (χ4v) is 2.46. The van der Waals surface area contributed by atoms with Gasteiger partial charge in [0.25, 0.3) is 0 Å². The highest BCUT2D eigenvalue weighted by molar-refractivity contribution is 6.30. The van der Waals surface area contributed by atoms with Crippen LogP contribution >= 0.6 is 11.6 Å². The van der Waals surface area contributed by atoms with Gasteiger partial charge >= 0.3 is 0 Å². The Bertz CT molecular complexity index is 564. The van der Waals surface area contributed by atoms with Gasteiger partial charge in [0.2, 0.25) is 0 Å². The molecule has 0 nitrogen and oxygen atoms in total. The third-order valence-electron chi connectivity index (χ3n) is 3.18. The van der Waals surface area contributed by atoms with Crippen molar-refractivity contribution in [1.82, 2.24) is 0 Å². The average molecular weight is 241 g/mol. The van der Waals surface area contributed by atoms with Crippen molar-refractivity contribution in [3.05, 3.63) is 75.8 Å². The van der Waals surface area contributed by atoms with Gasteiger partial charge in [0.1, 0.15) is 0 Å². The van der Waals surface area contributed by atoms with E-state index in [0.717, 1.165) is 17.9 Å². The molecule has 0 heterocycles. The number of halogens is 1. The van der Waals surface area contributed by atoms with E-state index in [1.165, 1.54) is 22.3 Å². The van der Waals surface area contributed by atoms with Crippen molar-refractivity contribution in [3.63, 3.8) is 0 Å². The molecule has 84 valence electrons. The molecular weight excluding hydrogens is 228 g/mol. The second kappa shape index (κ2) is 4.38. The lowest BCUT2D eigenvalue weighted by molar-refractivity contribution is 1.07. The lowest BCUT2D eigenvalue weighted by Crippen LogP contribution is -1.90. The first kappa shape index (κ1) is 10.6. The molecule has 0 N–H and O–H groups in total. The fourth-order valence-electron chi connectivity index (χ4n) is 2.33. The zero-order valence-corrected chi connectivity index (χ0v) is 10.2. The summed E-state index contributed by atoms with van der Waals surface area (Å²) in [7, 11) is 0. The first-order chi connectivity index (χ1) is 8.31. The minimum atomic E-state index is 0.803. The number of hydrogen-bond acceptors (Lipinski definition) is 0. The van der Waals surface area contributed by atoms with E-state index in [9.17, 15) is 0 Å². The molecule has 0 aromatic heterocycles. The van der Waals surface area contributed by atoms with E-state index < -0.39 is 0 Å². The normalized spacial score (nSPS) is 13.4. The Morgan fingerprint density at radius 2 is 1.71 bits per heavy atom. The Kier molecular flexibility index (Phi) is 2.74. The Balaban J connectivity index is 1.79. The molecule has 1 heteroatoms. The molecule has 0 radical (unpaired) electrons. The van der Waals surface area contributed by atoms with Gasteiger partial charge in [0.05, 0.1) is 0 Å². The standard InChI is InChI=1S/C16H13Cl/c17-16-7-5-12(6-8-16)9-13-10-14-3-1-2-4-15(14)11-13/h1-8,10H,9,11H2. The van der Waals surface area contributed by atoms with E-state index in [-0.39, 0.29) is 0 Å². The van der Waals surface area contributed by atoms with Crippen LogP contribution < -0.4 is 0 Å². The zero-order chi connectivity index (χ0) is 11.7. The van der Waals surface area contributed by atoms with Crippen LogP contribution in [0, 0.1) is 0 Å². The Labute approximate surface area is 107 Å². The van der Waals surface area contributed by atoms with E-state index in [0.29, 0.717) is 0 Å². The summed E-state index contributed by atoms with van der Waals surface area (Å²) >= 11 is 5.89. The molecule has 17 heavy (non-hydrogen) atoms. The molecule has 0 aliphatic heterocycles. The quantitative estimate of drug-likeness (QED) is 0.724. The predicted octanol–water partition coefficient (Wildman–Crippen LogP) is 4.52. The van der Waals surface area contributed by atoms with Crippen LogP contribution in [0.5, 0.6) is 0 Å². The highest BCUT2D eigenvalue weighted by atomic mass is 35.5. The van der Waals surface area contributed by atoms with Gasteiger partial charge in [-0.2, -0.15) is 0 Å². The highest BCUT2D eigenvalue weighted by Gasteiger charge is 2.11.